The van der Waals surface area contributed by atoms with Crippen LogP contribution in [0.15, 0.2) is 29.0 Å². The van der Waals surface area contributed by atoms with Crippen LogP contribution in [0.25, 0.3) is 0 Å². The fraction of sp³-hybridized carbons (Fsp3) is 0.273. The summed E-state index contributed by atoms with van der Waals surface area (Å²) in [7, 11) is 0. The van der Waals surface area contributed by atoms with Crippen molar-refractivity contribution in [1.82, 2.24) is 20.5 Å². The molecule has 0 amide bonds. The maximum absolute atomic E-state index is 9.77. The predicted molar refractivity (Wildman–Crippen MR) is 67.6 cm³/mol. The van der Waals surface area contributed by atoms with Crippen LogP contribution in [0.4, 0.5) is 0 Å². The fourth-order valence-electron chi connectivity index (χ4n) is 1.48. The molecule has 0 spiro atoms. The van der Waals surface area contributed by atoms with Crippen molar-refractivity contribution in [2.75, 3.05) is 6.54 Å². The van der Waals surface area contributed by atoms with Crippen LogP contribution in [0.1, 0.15) is 11.4 Å². The molecular formula is C11H13BrN4O. The highest BCUT2D eigenvalue weighted by molar-refractivity contribution is 9.10. The molecule has 1 aromatic heterocycles. The van der Waals surface area contributed by atoms with E-state index in [-0.39, 0.29) is 0 Å². The third kappa shape index (κ3) is 3.28. The van der Waals surface area contributed by atoms with Gasteiger partial charge >= 0.3 is 0 Å². The second kappa shape index (κ2) is 5.79. The lowest BCUT2D eigenvalue weighted by Gasteiger charge is -2.07. The molecule has 0 saturated carbocycles. The summed E-state index contributed by atoms with van der Waals surface area (Å²) in [6.45, 7) is 1.40. The van der Waals surface area contributed by atoms with Crippen LogP contribution >= 0.6 is 15.9 Å². The van der Waals surface area contributed by atoms with Crippen LogP contribution in [-0.2, 0) is 13.0 Å². The molecule has 6 heteroatoms. The molecule has 2 aromatic rings. The summed E-state index contributed by atoms with van der Waals surface area (Å²) >= 11 is 3.29. The van der Waals surface area contributed by atoms with Crippen molar-refractivity contribution in [3.8, 4) is 5.75 Å². The van der Waals surface area contributed by atoms with Crippen molar-refractivity contribution in [2.45, 2.75) is 13.0 Å². The lowest BCUT2D eigenvalue weighted by Crippen LogP contribution is -2.17. The Morgan fingerprint density at radius 3 is 3.06 bits per heavy atom. The standard InChI is InChI=1S/C11H13BrN4O/c12-9-3-1-2-8(11(9)17)6-13-5-4-10-14-7-15-16-10/h1-3,7,13,17H,4-6H2,(H,14,15,16). The molecule has 2 rings (SSSR count). The summed E-state index contributed by atoms with van der Waals surface area (Å²) in [6.07, 6.45) is 2.28. The second-order valence-electron chi connectivity index (χ2n) is 3.61. The molecule has 0 fully saturated rings. The van der Waals surface area contributed by atoms with E-state index >= 15 is 0 Å². The van der Waals surface area contributed by atoms with Gasteiger partial charge in [-0.15, -0.1) is 0 Å². The number of aromatic nitrogens is 3. The zero-order chi connectivity index (χ0) is 12.1. The summed E-state index contributed by atoms with van der Waals surface area (Å²) in [5.74, 6) is 1.15. The Morgan fingerprint density at radius 2 is 2.29 bits per heavy atom. The average molecular weight is 297 g/mol. The monoisotopic (exact) mass is 296 g/mol. The van der Waals surface area contributed by atoms with Gasteiger partial charge in [-0.05, 0) is 22.0 Å². The number of hydrogen-bond acceptors (Lipinski definition) is 4. The van der Waals surface area contributed by atoms with E-state index in [1.165, 1.54) is 6.33 Å². The first kappa shape index (κ1) is 12.1. The van der Waals surface area contributed by atoms with Gasteiger partial charge in [0.25, 0.3) is 0 Å². The summed E-state index contributed by atoms with van der Waals surface area (Å²) in [5.41, 5.74) is 0.872. The molecule has 3 N–H and O–H groups in total. The molecule has 0 radical (unpaired) electrons. The zero-order valence-corrected chi connectivity index (χ0v) is 10.7. The summed E-state index contributed by atoms with van der Waals surface area (Å²) in [5, 5.41) is 19.6. The summed E-state index contributed by atoms with van der Waals surface area (Å²) in [4.78, 5) is 4.03. The number of nitrogens with one attached hydrogen (secondary N) is 2. The SMILES string of the molecule is Oc1c(Br)cccc1CNCCc1ncn[nH]1. The van der Waals surface area contributed by atoms with E-state index in [2.05, 4.69) is 36.4 Å². The van der Waals surface area contributed by atoms with Crippen molar-refractivity contribution in [1.29, 1.82) is 0 Å². The minimum Gasteiger partial charge on any atom is -0.506 e. The van der Waals surface area contributed by atoms with E-state index < -0.39 is 0 Å². The average Bonchev–Trinajstić information content (AvgIpc) is 2.83. The van der Waals surface area contributed by atoms with Gasteiger partial charge in [0, 0.05) is 25.1 Å². The molecule has 0 aliphatic rings. The van der Waals surface area contributed by atoms with Gasteiger partial charge in [-0.1, -0.05) is 12.1 Å². The van der Waals surface area contributed by atoms with Gasteiger partial charge in [0.15, 0.2) is 0 Å². The van der Waals surface area contributed by atoms with Crippen LogP contribution in [0, 0.1) is 0 Å². The lowest BCUT2D eigenvalue weighted by molar-refractivity contribution is 0.461. The molecule has 90 valence electrons. The molecule has 0 unspecified atom stereocenters. The topological polar surface area (TPSA) is 73.8 Å². The number of hydrogen-bond donors (Lipinski definition) is 3. The highest BCUT2D eigenvalue weighted by Gasteiger charge is 2.03. The van der Waals surface area contributed by atoms with Crippen molar-refractivity contribution >= 4 is 15.9 Å². The molecule has 1 heterocycles. The van der Waals surface area contributed by atoms with Gasteiger partial charge in [-0.3, -0.25) is 5.10 Å². The normalized spacial score (nSPS) is 10.6. The van der Waals surface area contributed by atoms with Gasteiger partial charge in [-0.2, -0.15) is 5.10 Å². The molecule has 5 nitrogen and oxygen atoms in total. The number of benzene rings is 1. The van der Waals surface area contributed by atoms with E-state index in [0.717, 1.165) is 24.4 Å². The first-order chi connectivity index (χ1) is 8.27. The van der Waals surface area contributed by atoms with Crippen LogP contribution < -0.4 is 5.32 Å². The quantitative estimate of drug-likeness (QED) is 0.733. The molecule has 0 aliphatic heterocycles. The van der Waals surface area contributed by atoms with Crippen LogP contribution in [0.2, 0.25) is 0 Å². The summed E-state index contributed by atoms with van der Waals surface area (Å²) < 4.78 is 0.715. The Kier molecular flexibility index (Phi) is 4.11. The largest absolute Gasteiger partial charge is 0.506 e. The van der Waals surface area contributed by atoms with Gasteiger partial charge in [-0.25, -0.2) is 4.98 Å². The Bertz CT molecular complexity index is 472. The van der Waals surface area contributed by atoms with E-state index in [1.54, 1.807) is 0 Å². The van der Waals surface area contributed by atoms with Crippen molar-refractivity contribution in [3.05, 3.63) is 40.4 Å². The zero-order valence-electron chi connectivity index (χ0n) is 9.15. The van der Waals surface area contributed by atoms with E-state index in [4.69, 9.17) is 0 Å². The minimum atomic E-state index is 0.291. The molecule has 1 aromatic carbocycles. The number of H-pyrrole nitrogens is 1. The Labute approximate surface area is 107 Å². The van der Waals surface area contributed by atoms with Gasteiger partial charge < -0.3 is 10.4 Å². The highest BCUT2D eigenvalue weighted by Crippen LogP contribution is 2.26. The summed E-state index contributed by atoms with van der Waals surface area (Å²) in [6, 6.07) is 5.60. The van der Waals surface area contributed by atoms with Crippen LogP contribution in [0.5, 0.6) is 5.75 Å². The smallest absolute Gasteiger partial charge is 0.137 e. The number of halogens is 1. The maximum Gasteiger partial charge on any atom is 0.137 e. The molecule has 0 saturated heterocycles. The van der Waals surface area contributed by atoms with Crippen molar-refractivity contribution in [3.63, 3.8) is 0 Å². The molecule has 0 atom stereocenters. The predicted octanol–water partition coefficient (Wildman–Crippen LogP) is 1.61. The van der Waals surface area contributed by atoms with Crippen LogP contribution in [-0.4, -0.2) is 26.8 Å². The van der Waals surface area contributed by atoms with Crippen molar-refractivity contribution in [2.24, 2.45) is 0 Å². The first-order valence-corrected chi connectivity index (χ1v) is 6.08. The van der Waals surface area contributed by atoms with E-state index in [9.17, 15) is 5.11 Å². The number of rotatable bonds is 5. The van der Waals surface area contributed by atoms with E-state index in [1.807, 2.05) is 18.2 Å². The number of nitrogens with zero attached hydrogens (tertiary/aromatic N) is 2. The van der Waals surface area contributed by atoms with Gasteiger partial charge in [0.1, 0.15) is 17.9 Å². The third-order valence-electron chi connectivity index (χ3n) is 2.39. The maximum atomic E-state index is 9.77. The number of phenols is 1. The Hall–Kier alpha value is -1.40. The molecule has 17 heavy (non-hydrogen) atoms. The number of aromatic amines is 1. The second-order valence-corrected chi connectivity index (χ2v) is 4.46. The number of para-hydroxylation sites is 1. The fourth-order valence-corrected chi connectivity index (χ4v) is 1.89. The molecule has 0 bridgehead atoms. The van der Waals surface area contributed by atoms with E-state index in [0.29, 0.717) is 16.8 Å². The highest BCUT2D eigenvalue weighted by atomic mass is 79.9. The third-order valence-corrected chi connectivity index (χ3v) is 3.03. The Balaban J connectivity index is 1.80. The minimum absolute atomic E-state index is 0.291. The molecular weight excluding hydrogens is 284 g/mol. The molecule has 0 aliphatic carbocycles. The van der Waals surface area contributed by atoms with Gasteiger partial charge in [0.2, 0.25) is 0 Å². The number of aromatic hydroxyl groups is 1. The first-order valence-electron chi connectivity index (χ1n) is 5.28. The van der Waals surface area contributed by atoms with Crippen molar-refractivity contribution < 1.29 is 5.11 Å². The van der Waals surface area contributed by atoms with Gasteiger partial charge in [0.05, 0.1) is 4.47 Å². The van der Waals surface area contributed by atoms with Crippen LogP contribution in [0.3, 0.4) is 0 Å². The number of phenolic OH excluding ortho intramolecular Hbond substituents is 1. The Morgan fingerprint density at radius 1 is 1.41 bits per heavy atom. The lowest BCUT2D eigenvalue weighted by atomic mass is 10.2.